The summed E-state index contributed by atoms with van der Waals surface area (Å²) >= 11 is 0. The number of hydrogen-bond donors (Lipinski definition) is 1. The average molecular weight is 534 g/mol. The second-order valence-electron chi connectivity index (χ2n) is 8.68. The van der Waals surface area contributed by atoms with Gasteiger partial charge in [0.25, 0.3) is 10.0 Å². The summed E-state index contributed by atoms with van der Waals surface area (Å²) < 4.78 is 45.6. The molecule has 2 aromatic heterocycles. The molecular weight excluding hydrogens is 506 g/mol. The third-order valence-electron chi connectivity index (χ3n) is 6.15. The minimum Gasteiger partial charge on any atom is -0.489 e. The molecule has 0 aliphatic carbocycles. The molecule has 1 N–H and O–H groups in total. The molecule has 0 unspecified atom stereocenters. The van der Waals surface area contributed by atoms with E-state index < -0.39 is 10.0 Å². The number of anilines is 1. The van der Waals surface area contributed by atoms with E-state index >= 15 is 0 Å². The Bertz CT molecular complexity index is 1770. The van der Waals surface area contributed by atoms with Crippen molar-refractivity contribution in [1.82, 2.24) is 18.9 Å². The van der Waals surface area contributed by atoms with E-state index in [1.165, 1.54) is 26.1 Å². The first-order valence-electron chi connectivity index (χ1n) is 12.0. The summed E-state index contributed by atoms with van der Waals surface area (Å²) in [5.74, 6) is 1.26. The Morgan fingerprint density at radius 2 is 1.61 bits per heavy atom. The number of ether oxygens (including phenoxy) is 2. The summed E-state index contributed by atoms with van der Waals surface area (Å²) in [6.45, 7) is 2.58. The summed E-state index contributed by atoms with van der Waals surface area (Å²) in [4.78, 5) is 12.6. The molecule has 5 rings (SSSR count). The van der Waals surface area contributed by atoms with Gasteiger partial charge in [0.1, 0.15) is 18.1 Å². The molecular formula is C27H27N5O5S. The predicted octanol–water partition coefficient (Wildman–Crippen LogP) is 4.27. The van der Waals surface area contributed by atoms with Gasteiger partial charge in [0, 0.05) is 32.8 Å². The van der Waals surface area contributed by atoms with Crippen molar-refractivity contribution in [2.24, 2.45) is 14.1 Å². The lowest BCUT2D eigenvalue weighted by Gasteiger charge is -2.15. The molecule has 5 aromatic rings. The molecule has 10 nitrogen and oxygen atoms in total. The molecule has 0 atom stereocenters. The van der Waals surface area contributed by atoms with Crippen molar-refractivity contribution in [2.45, 2.75) is 25.1 Å². The fourth-order valence-electron chi connectivity index (χ4n) is 4.17. The number of fused-ring (bicyclic) bond motifs is 1. The number of aryl methyl sites for hydroxylation is 3. The minimum atomic E-state index is -4.01. The molecule has 0 amide bonds. The average Bonchev–Trinajstić information content (AvgIpc) is 3.49. The number of sulfonamides is 1. The van der Waals surface area contributed by atoms with Crippen LogP contribution in [-0.4, -0.2) is 27.3 Å². The number of hydrogen-bond acceptors (Lipinski definition) is 6. The van der Waals surface area contributed by atoms with Crippen LogP contribution in [0.2, 0.25) is 0 Å². The van der Waals surface area contributed by atoms with Gasteiger partial charge in [-0.25, -0.2) is 4.79 Å². The number of rotatable bonds is 9. The van der Waals surface area contributed by atoms with E-state index in [0.717, 1.165) is 5.56 Å². The van der Waals surface area contributed by atoms with Crippen molar-refractivity contribution in [3.63, 3.8) is 0 Å². The predicted molar refractivity (Wildman–Crippen MR) is 144 cm³/mol. The maximum Gasteiger partial charge on any atom is 0.328 e. The highest BCUT2D eigenvalue weighted by Gasteiger charge is 2.23. The fraction of sp³-hybridized carbons (Fsp3) is 0.185. The highest BCUT2D eigenvalue weighted by atomic mass is 32.2. The first kappa shape index (κ1) is 25.2. The molecule has 0 saturated heterocycles. The van der Waals surface area contributed by atoms with Gasteiger partial charge in [-0.2, -0.15) is 13.5 Å². The zero-order valence-corrected chi connectivity index (χ0v) is 22.0. The van der Waals surface area contributed by atoms with Crippen LogP contribution in [0.4, 0.5) is 5.69 Å². The number of nitrogens with zero attached hydrogens (tertiary/aromatic N) is 4. The van der Waals surface area contributed by atoms with Gasteiger partial charge in [-0.15, -0.1) is 0 Å². The normalized spacial score (nSPS) is 11.6. The van der Waals surface area contributed by atoms with Gasteiger partial charge in [0.05, 0.1) is 22.9 Å². The van der Waals surface area contributed by atoms with Crippen molar-refractivity contribution < 1.29 is 17.9 Å². The molecule has 11 heteroatoms. The maximum absolute atomic E-state index is 13.3. The van der Waals surface area contributed by atoms with Crippen LogP contribution < -0.4 is 19.9 Å². The Hall–Kier alpha value is -4.51. The Morgan fingerprint density at radius 1 is 0.895 bits per heavy atom. The number of aromatic nitrogens is 4. The van der Waals surface area contributed by atoms with Crippen LogP contribution in [0.5, 0.6) is 17.2 Å². The van der Waals surface area contributed by atoms with Crippen LogP contribution >= 0.6 is 0 Å². The van der Waals surface area contributed by atoms with E-state index in [1.54, 1.807) is 51.4 Å². The molecule has 0 aliphatic rings. The van der Waals surface area contributed by atoms with E-state index in [0.29, 0.717) is 35.7 Å². The Balaban J connectivity index is 1.51. The molecule has 0 fully saturated rings. The van der Waals surface area contributed by atoms with Gasteiger partial charge in [0.2, 0.25) is 0 Å². The van der Waals surface area contributed by atoms with Crippen molar-refractivity contribution in [2.75, 3.05) is 4.72 Å². The molecule has 0 bridgehead atoms. The summed E-state index contributed by atoms with van der Waals surface area (Å²) in [6.07, 6.45) is 1.43. The number of benzene rings is 3. The van der Waals surface area contributed by atoms with Crippen LogP contribution in [0.25, 0.3) is 11.0 Å². The molecule has 2 heterocycles. The Labute approximate surface area is 219 Å². The van der Waals surface area contributed by atoms with Crippen LogP contribution in [0.1, 0.15) is 12.5 Å². The molecule has 0 spiro atoms. The zero-order valence-electron chi connectivity index (χ0n) is 21.2. The van der Waals surface area contributed by atoms with E-state index in [9.17, 15) is 13.2 Å². The molecule has 0 aliphatic heterocycles. The summed E-state index contributed by atoms with van der Waals surface area (Å²) in [5, 5.41) is 4.08. The van der Waals surface area contributed by atoms with E-state index in [4.69, 9.17) is 9.47 Å². The highest BCUT2D eigenvalue weighted by molar-refractivity contribution is 7.92. The molecule has 3 aromatic carbocycles. The summed E-state index contributed by atoms with van der Waals surface area (Å²) in [6, 6.07) is 21.5. The van der Waals surface area contributed by atoms with Crippen molar-refractivity contribution in [3.8, 4) is 17.2 Å². The molecule has 0 radical (unpaired) electrons. The Kier molecular flexibility index (Phi) is 6.68. The van der Waals surface area contributed by atoms with Crippen molar-refractivity contribution in [3.05, 3.63) is 95.0 Å². The molecule has 196 valence electrons. The SMILES string of the molecule is CCn1nccc1S(=O)(=O)Nc1cc2c(cc1Oc1cccc(OCc3ccccc3)c1)n(C)c(=O)n2C. The van der Waals surface area contributed by atoms with Gasteiger partial charge >= 0.3 is 5.69 Å². The van der Waals surface area contributed by atoms with Crippen LogP contribution in [0.15, 0.2) is 88.8 Å². The van der Waals surface area contributed by atoms with Gasteiger partial charge in [0.15, 0.2) is 10.8 Å². The lowest BCUT2D eigenvalue weighted by molar-refractivity contribution is 0.304. The molecule has 38 heavy (non-hydrogen) atoms. The smallest absolute Gasteiger partial charge is 0.328 e. The largest absolute Gasteiger partial charge is 0.489 e. The van der Waals surface area contributed by atoms with Gasteiger partial charge in [-0.1, -0.05) is 36.4 Å². The third-order valence-corrected chi connectivity index (χ3v) is 7.54. The van der Waals surface area contributed by atoms with Gasteiger partial charge in [-0.05, 0) is 36.8 Å². The van der Waals surface area contributed by atoms with Gasteiger partial charge < -0.3 is 9.47 Å². The van der Waals surface area contributed by atoms with Gasteiger partial charge in [-0.3, -0.25) is 18.5 Å². The van der Waals surface area contributed by atoms with E-state index in [-0.39, 0.29) is 22.2 Å². The van der Waals surface area contributed by atoms with E-state index in [2.05, 4.69) is 9.82 Å². The second-order valence-corrected chi connectivity index (χ2v) is 10.3. The highest BCUT2D eigenvalue weighted by Crippen LogP contribution is 2.36. The zero-order chi connectivity index (χ0) is 26.9. The number of nitrogens with one attached hydrogen (secondary N) is 1. The maximum atomic E-state index is 13.3. The number of imidazole rings is 1. The van der Waals surface area contributed by atoms with Crippen LogP contribution in [0.3, 0.4) is 0 Å². The lowest BCUT2D eigenvalue weighted by atomic mass is 10.2. The lowest BCUT2D eigenvalue weighted by Crippen LogP contribution is -2.19. The third kappa shape index (κ3) is 4.88. The second kappa shape index (κ2) is 10.1. The van der Waals surface area contributed by atoms with E-state index in [1.807, 2.05) is 36.4 Å². The first-order chi connectivity index (χ1) is 18.3. The van der Waals surface area contributed by atoms with Crippen molar-refractivity contribution in [1.29, 1.82) is 0 Å². The topological polar surface area (TPSA) is 109 Å². The van der Waals surface area contributed by atoms with Crippen molar-refractivity contribution >= 4 is 26.7 Å². The minimum absolute atomic E-state index is 0.0179. The standard InChI is InChI=1S/C27H27N5O5S/c1-4-32-26(13-14-28-32)38(34,35)29-22-16-23-24(31(3)27(33)30(23)2)17-25(22)37-21-12-8-11-20(15-21)36-18-19-9-6-5-7-10-19/h5-17,29H,4,18H2,1-3H3. The monoisotopic (exact) mass is 533 g/mol. The quantitative estimate of drug-likeness (QED) is 0.303. The van der Waals surface area contributed by atoms with Crippen LogP contribution in [-0.2, 0) is 37.3 Å². The first-order valence-corrected chi connectivity index (χ1v) is 13.4. The summed E-state index contributed by atoms with van der Waals surface area (Å²) in [7, 11) is -0.731. The van der Waals surface area contributed by atoms with Crippen LogP contribution in [0, 0.1) is 0 Å². The molecule has 0 saturated carbocycles. The summed E-state index contributed by atoms with van der Waals surface area (Å²) in [5.41, 5.74) is 2.10. The Morgan fingerprint density at radius 3 is 2.34 bits per heavy atom. The fourth-order valence-corrected chi connectivity index (χ4v) is 5.42.